The van der Waals surface area contributed by atoms with Gasteiger partial charge < -0.3 is 15.5 Å². The first-order chi connectivity index (χ1) is 9.08. The first-order valence-electron chi connectivity index (χ1n) is 5.42. The number of thiophene rings is 1. The molecule has 2 rings (SSSR count). The first-order valence-corrected chi connectivity index (χ1v) is 6.74. The molecule has 0 aromatic carbocycles. The van der Waals surface area contributed by atoms with E-state index < -0.39 is 12.1 Å². The summed E-state index contributed by atoms with van der Waals surface area (Å²) in [6, 6.07) is 4.59. The van der Waals surface area contributed by atoms with Crippen LogP contribution in [0, 0.1) is 0 Å². The fourth-order valence-electron chi connectivity index (χ4n) is 1.52. The van der Waals surface area contributed by atoms with Crippen LogP contribution in [0.2, 0.25) is 5.15 Å². The van der Waals surface area contributed by atoms with Crippen molar-refractivity contribution in [1.29, 1.82) is 0 Å². The third kappa shape index (κ3) is 3.44. The van der Waals surface area contributed by atoms with Crippen molar-refractivity contribution in [3.63, 3.8) is 0 Å². The van der Waals surface area contributed by atoms with Crippen molar-refractivity contribution in [2.45, 2.75) is 6.10 Å². The molecule has 5 nitrogen and oxygen atoms in total. The largest absolute Gasteiger partial charge is 0.478 e. The number of anilines is 1. The van der Waals surface area contributed by atoms with Crippen LogP contribution in [0.25, 0.3) is 0 Å². The highest BCUT2D eigenvalue weighted by molar-refractivity contribution is 7.07. The van der Waals surface area contributed by atoms with Gasteiger partial charge in [-0.05, 0) is 34.5 Å². The van der Waals surface area contributed by atoms with E-state index in [1.165, 1.54) is 23.5 Å². The van der Waals surface area contributed by atoms with Gasteiger partial charge in [0.1, 0.15) is 16.5 Å². The summed E-state index contributed by atoms with van der Waals surface area (Å²) in [4.78, 5) is 14.9. The number of halogens is 1. The van der Waals surface area contributed by atoms with Crippen LogP contribution >= 0.6 is 22.9 Å². The van der Waals surface area contributed by atoms with Crippen LogP contribution < -0.4 is 5.32 Å². The van der Waals surface area contributed by atoms with Crippen LogP contribution in [0.5, 0.6) is 0 Å². The molecule has 100 valence electrons. The van der Waals surface area contributed by atoms with E-state index in [1.54, 1.807) is 6.07 Å². The van der Waals surface area contributed by atoms with Crippen LogP contribution in [-0.2, 0) is 0 Å². The van der Waals surface area contributed by atoms with E-state index in [2.05, 4.69) is 10.3 Å². The van der Waals surface area contributed by atoms with E-state index in [1.807, 2.05) is 10.8 Å². The second kappa shape index (κ2) is 6.01. The van der Waals surface area contributed by atoms with E-state index in [0.29, 0.717) is 0 Å². The second-order valence-corrected chi connectivity index (χ2v) is 4.96. The standard InChI is InChI=1S/C12H11ClN2O3S/c13-10-2-1-8(12(17)18)11(15-10)14-5-9(16)7-3-4-19-6-7/h1-4,6,9,16H,5H2,(H,14,15)(H,17,18). The first kappa shape index (κ1) is 13.8. The number of aliphatic hydroxyl groups excluding tert-OH is 1. The summed E-state index contributed by atoms with van der Waals surface area (Å²) in [5.41, 5.74) is 0.790. The molecular formula is C12H11ClN2O3S. The van der Waals surface area contributed by atoms with Gasteiger partial charge in [-0.2, -0.15) is 11.3 Å². The number of hydrogen-bond donors (Lipinski definition) is 3. The molecule has 0 radical (unpaired) electrons. The third-order valence-corrected chi connectivity index (χ3v) is 3.39. The third-order valence-electron chi connectivity index (χ3n) is 2.48. The normalized spacial score (nSPS) is 12.1. The summed E-state index contributed by atoms with van der Waals surface area (Å²) in [5.74, 6) is -0.953. The number of carboxylic acid groups (broad SMARTS) is 1. The lowest BCUT2D eigenvalue weighted by Crippen LogP contribution is -2.15. The minimum atomic E-state index is -1.10. The predicted molar refractivity (Wildman–Crippen MR) is 74.0 cm³/mol. The number of hydrogen-bond acceptors (Lipinski definition) is 5. The van der Waals surface area contributed by atoms with Gasteiger partial charge in [-0.25, -0.2) is 9.78 Å². The molecule has 1 atom stereocenters. The van der Waals surface area contributed by atoms with Gasteiger partial charge in [0.2, 0.25) is 0 Å². The highest BCUT2D eigenvalue weighted by Gasteiger charge is 2.14. The summed E-state index contributed by atoms with van der Waals surface area (Å²) in [6.45, 7) is 0.157. The van der Waals surface area contributed by atoms with Crippen LogP contribution in [-0.4, -0.2) is 27.7 Å². The number of carbonyl (C=O) groups is 1. The average molecular weight is 299 g/mol. The monoisotopic (exact) mass is 298 g/mol. The Morgan fingerprint density at radius 2 is 2.26 bits per heavy atom. The fraction of sp³-hybridized carbons (Fsp3) is 0.167. The molecule has 2 aromatic rings. The molecule has 0 saturated heterocycles. The molecule has 2 heterocycles. The van der Waals surface area contributed by atoms with Crippen molar-refractivity contribution in [3.05, 3.63) is 45.2 Å². The molecule has 19 heavy (non-hydrogen) atoms. The second-order valence-electron chi connectivity index (χ2n) is 3.79. The zero-order valence-electron chi connectivity index (χ0n) is 9.71. The molecule has 0 spiro atoms. The van der Waals surface area contributed by atoms with Crippen molar-refractivity contribution in [2.24, 2.45) is 0 Å². The Hall–Kier alpha value is -1.63. The summed E-state index contributed by atoms with van der Waals surface area (Å²) in [6.07, 6.45) is -0.728. The molecule has 0 amide bonds. The number of aliphatic hydroxyl groups is 1. The number of nitrogens with zero attached hydrogens (tertiary/aromatic N) is 1. The van der Waals surface area contributed by atoms with Gasteiger partial charge in [0.05, 0.1) is 6.10 Å². The van der Waals surface area contributed by atoms with Crippen molar-refractivity contribution in [1.82, 2.24) is 4.98 Å². The summed E-state index contributed by atoms with van der Waals surface area (Å²) in [7, 11) is 0. The van der Waals surface area contributed by atoms with Gasteiger partial charge in [-0.15, -0.1) is 0 Å². The van der Waals surface area contributed by atoms with Crippen LogP contribution in [0.3, 0.4) is 0 Å². The lowest BCUT2D eigenvalue weighted by Gasteiger charge is -2.12. The van der Waals surface area contributed by atoms with Gasteiger partial charge in [-0.1, -0.05) is 11.6 Å². The number of rotatable bonds is 5. The van der Waals surface area contributed by atoms with E-state index in [4.69, 9.17) is 16.7 Å². The van der Waals surface area contributed by atoms with Crippen molar-refractivity contribution in [2.75, 3.05) is 11.9 Å². The fourth-order valence-corrected chi connectivity index (χ4v) is 2.37. The highest BCUT2D eigenvalue weighted by Crippen LogP contribution is 2.20. The maximum atomic E-state index is 11.0. The molecule has 1 unspecified atom stereocenters. The minimum Gasteiger partial charge on any atom is -0.478 e. The Balaban J connectivity index is 2.10. The number of pyridine rings is 1. The maximum Gasteiger partial charge on any atom is 0.339 e. The molecule has 0 fully saturated rings. The smallest absolute Gasteiger partial charge is 0.339 e. The number of nitrogens with one attached hydrogen (secondary N) is 1. The quantitative estimate of drug-likeness (QED) is 0.739. The molecule has 0 aliphatic heterocycles. The molecule has 0 saturated carbocycles. The molecule has 0 aliphatic carbocycles. The van der Waals surface area contributed by atoms with Gasteiger partial charge in [0, 0.05) is 6.54 Å². The Morgan fingerprint density at radius 1 is 1.47 bits per heavy atom. The Morgan fingerprint density at radius 3 is 2.89 bits per heavy atom. The predicted octanol–water partition coefficient (Wildman–Crippen LogP) is 2.64. The number of aromatic nitrogens is 1. The van der Waals surface area contributed by atoms with Gasteiger partial charge in [0.15, 0.2) is 0 Å². The van der Waals surface area contributed by atoms with E-state index in [0.717, 1.165) is 5.56 Å². The van der Waals surface area contributed by atoms with Crippen molar-refractivity contribution < 1.29 is 15.0 Å². The summed E-state index contributed by atoms with van der Waals surface area (Å²) < 4.78 is 0. The Labute approximate surface area is 118 Å². The van der Waals surface area contributed by atoms with Crippen LogP contribution in [0.15, 0.2) is 29.0 Å². The topological polar surface area (TPSA) is 82.5 Å². The number of carboxylic acids is 1. The van der Waals surface area contributed by atoms with Crippen molar-refractivity contribution >= 4 is 34.7 Å². The molecule has 0 aliphatic rings. The molecule has 3 N–H and O–H groups in total. The molecular weight excluding hydrogens is 288 g/mol. The van der Waals surface area contributed by atoms with Crippen LogP contribution in [0.1, 0.15) is 22.0 Å². The van der Waals surface area contributed by atoms with Gasteiger partial charge in [0.25, 0.3) is 0 Å². The van der Waals surface area contributed by atoms with Crippen molar-refractivity contribution in [3.8, 4) is 0 Å². The minimum absolute atomic E-state index is 0.0157. The number of aromatic carboxylic acids is 1. The summed E-state index contributed by atoms with van der Waals surface area (Å²) in [5, 5.41) is 25.6. The average Bonchev–Trinajstić information content (AvgIpc) is 2.89. The zero-order chi connectivity index (χ0) is 13.8. The highest BCUT2D eigenvalue weighted by atomic mass is 35.5. The maximum absolute atomic E-state index is 11.0. The lowest BCUT2D eigenvalue weighted by molar-refractivity contribution is 0.0697. The SMILES string of the molecule is O=C(O)c1ccc(Cl)nc1NCC(O)c1ccsc1. The van der Waals surface area contributed by atoms with E-state index >= 15 is 0 Å². The van der Waals surface area contributed by atoms with Crippen LogP contribution in [0.4, 0.5) is 5.82 Å². The van der Waals surface area contributed by atoms with E-state index in [9.17, 15) is 9.90 Å². The Bertz CT molecular complexity index is 574. The van der Waals surface area contributed by atoms with E-state index in [-0.39, 0.29) is 23.1 Å². The van der Waals surface area contributed by atoms with Gasteiger partial charge in [-0.3, -0.25) is 0 Å². The zero-order valence-corrected chi connectivity index (χ0v) is 11.3. The summed E-state index contributed by atoms with van der Waals surface area (Å²) >= 11 is 7.21. The Kier molecular flexibility index (Phi) is 4.36. The molecule has 7 heteroatoms. The molecule has 2 aromatic heterocycles. The lowest BCUT2D eigenvalue weighted by atomic mass is 10.2. The molecule has 0 bridgehead atoms. The van der Waals surface area contributed by atoms with Gasteiger partial charge >= 0.3 is 5.97 Å².